The Kier molecular flexibility index (Phi) is 4.81. The third kappa shape index (κ3) is 3.13. The molecule has 0 unspecified atom stereocenters. The average molecular weight is 265 g/mol. The predicted octanol–water partition coefficient (Wildman–Crippen LogP) is 2.38. The molecule has 0 atom stereocenters. The Labute approximate surface area is 111 Å². The summed E-state index contributed by atoms with van der Waals surface area (Å²) >= 11 is 1.91. The number of unbranched alkanes of at least 4 members (excludes halogenated alkanes) is 2. The van der Waals surface area contributed by atoms with E-state index >= 15 is 0 Å². The van der Waals surface area contributed by atoms with Gasteiger partial charge in [0, 0.05) is 18.9 Å². The van der Waals surface area contributed by atoms with Gasteiger partial charge in [-0.05, 0) is 31.8 Å². The minimum absolute atomic E-state index is 0.805. The Morgan fingerprint density at radius 1 is 1.28 bits per heavy atom. The van der Waals surface area contributed by atoms with Crippen LogP contribution in [0.15, 0.2) is 12.4 Å². The van der Waals surface area contributed by atoms with Gasteiger partial charge in [0.15, 0.2) is 5.82 Å². The van der Waals surface area contributed by atoms with E-state index in [0.717, 1.165) is 30.3 Å². The molecular weight excluding hydrogens is 246 g/mol. The summed E-state index contributed by atoms with van der Waals surface area (Å²) in [5.74, 6) is 2.95. The minimum Gasteiger partial charge on any atom is -0.367 e. The van der Waals surface area contributed by atoms with Gasteiger partial charge in [-0.25, -0.2) is 4.98 Å². The molecule has 0 saturated carbocycles. The topological polar surface area (TPSA) is 55.1 Å². The lowest BCUT2D eigenvalue weighted by Crippen LogP contribution is -2.05. The first-order valence-electron chi connectivity index (χ1n) is 6.22. The molecule has 0 aliphatic rings. The van der Waals surface area contributed by atoms with Crippen molar-refractivity contribution in [3.8, 4) is 0 Å². The van der Waals surface area contributed by atoms with Gasteiger partial charge in [0.05, 0.1) is 0 Å². The molecule has 2 aromatic heterocycles. The van der Waals surface area contributed by atoms with E-state index in [-0.39, 0.29) is 0 Å². The number of thioether (sulfide) groups is 1. The van der Waals surface area contributed by atoms with Crippen molar-refractivity contribution in [1.82, 2.24) is 19.6 Å². The normalized spacial score (nSPS) is 11.0. The summed E-state index contributed by atoms with van der Waals surface area (Å²) in [6, 6.07) is 0. The standard InChI is InChI=1S/C12H19N5S/c1-10-15-16-12-11(14-7-8-17(10)12)13-6-4-3-5-9-18-2/h7-8H,3-6,9H2,1-2H3,(H,13,14). The summed E-state index contributed by atoms with van der Waals surface area (Å²) in [6.07, 6.45) is 9.51. The highest BCUT2D eigenvalue weighted by Gasteiger charge is 2.06. The molecule has 0 aromatic carbocycles. The van der Waals surface area contributed by atoms with Gasteiger partial charge in [0.25, 0.3) is 0 Å². The van der Waals surface area contributed by atoms with Crippen molar-refractivity contribution in [2.24, 2.45) is 0 Å². The van der Waals surface area contributed by atoms with Crippen LogP contribution in [0.2, 0.25) is 0 Å². The van der Waals surface area contributed by atoms with E-state index in [0.29, 0.717) is 0 Å². The summed E-state index contributed by atoms with van der Waals surface area (Å²) in [5, 5.41) is 11.5. The highest BCUT2D eigenvalue weighted by atomic mass is 32.2. The van der Waals surface area contributed by atoms with Crippen molar-refractivity contribution < 1.29 is 0 Å². The zero-order valence-electron chi connectivity index (χ0n) is 10.9. The fourth-order valence-corrected chi connectivity index (χ4v) is 2.31. The SMILES string of the molecule is CSCCCCCNc1nccn2c(C)nnc12. The zero-order valence-corrected chi connectivity index (χ0v) is 11.7. The molecule has 1 N–H and O–H groups in total. The van der Waals surface area contributed by atoms with E-state index in [2.05, 4.69) is 26.8 Å². The molecule has 0 radical (unpaired) electrons. The molecule has 18 heavy (non-hydrogen) atoms. The van der Waals surface area contributed by atoms with Crippen LogP contribution in [0.5, 0.6) is 0 Å². The molecule has 98 valence electrons. The molecule has 2 aromatic rings. The monoisotopic (exact) mass is 265 g/mol. The van der Waals surface area contributed by atoms with E-state index in [9.17, 15) is 0 Å². The Hall–Kier alpha value is -1.30. The summed E-state index contributed by atoms with van der Waals surface area (Å²) < 4.78 is 1.95. The number of nitrogens with one attached hydrogen (secondary N) is 1. The van der Waals surface area contributed by atoms with Crippen LogP contribution in [0.25, 0.3) is 5.65 Å². The van der Waals surface area contributed by atoms with Crippen molar-refractivity contribution >= 4 is 23.2 Å². The van der Waals surface area contributed by atoms with Gasteiger partial charge in [-0.1, -0.05) is 6.42 Å². The average Bonchev–Trinajstić information content (AvgIpc) is 2.77. The zero-order chi connectivity index (χ0) is 12.8. The maximum Gasteiger partial charge on any atom is 0.203 e. The van der Waals surface area contributed by atoms with Crippen molar-refractivity contribution in [2.75, 3.05) is 23.9 Å². The predicted molar refractivity (Wildman–Crippen MR) is 76.2 cm³/mol. The highest BCUT2D eigenvalue weighted by Crippen LogP contribution is 2.12. The third-order valence-corrected chi connectivity index (χ3v) is 3.51. The molecule has 6 heteroatoms. The van der Waals surface area contributed by atoms with E-state index in [1.54, 1.807) is 6.20 Å². The Morgan fingerprint density at radius 3 is 3.00 bits per heavy atom. The molecule has 2 rings (SSSR count). The molecule has 0 fully saturated rings. The van der Waals surface area contributed by atoms with Gasteiger partial charge in [-0.2, -0.15) is 11.8 Å². The summed E-state index contributed by atoms with van der Waals surface area (Å²) in [6.45, 7) is 2.87. The fraction of sp³-hybridized carbons (Fsp3) is 0.583. The van der Waals surface area contributed by atoms with Gasteiger partial charge in [0.2, 0.25) is 5.65 Å². The number of aryl methyl sites for hydroxylation is 1. The van der Waals surface area contributed by atoms with E-state index in [4.69, 9.17) is 0 Å². The number of rotatable bonds is 7. The smallest absolute Gasteiger partial charge is 0.203 e. The summed E-state index contributed by atoms with van der Waals surface area (Å²) in [4.78, 5) is 4.32. The van der Waals surface area contributed by atoms with Crippen LogP contribution < -0.4 is 5.32 Å². The van der Waals surface area contributed by atoms with Crippen molar-refractivity contribution in [1.29, 1.82) is 0 Å². The number of nitrogens with zero attached hydrogens (tertiary/aromatic N) is 4. The Morgan fingerprint density at radius 2 is 2.17 bits per heavy atom. The van der Waals surface area contributed by atoms with Crippen molar-refractivity contribution in [3.05, 3.63) is 18.2 Å². The first-order valence-corrected chi connectivity index (χ1v) is 7.61. The minimum atomic E-state index is 0.805. The maximum atomic E-state index is 4.32. The van der Waals surface area contributed by atoms with Crippen LogP contribution >= 0.6 is 11.8 Å². The molecule has 0 amide bonds. The van der Waals surface area contributed by atoms with Gasteiger partial charge in [0.1, 0.15) is 5.82 Å². The Bertz CT molecular complexity index is 496. The molecule has 2 heterocycles. The molecule has 0 aliphatic heterocycles. The van der Waals surface area contributed by atoms with Crippen molar-refractivity contribution in [3.63, 3.8) is 0 Å². The maximum absolute atomic E-state index is 4.32. The van der Waals surface area contributed by atoms with E-state index < -0.39 is 0 Å². The van der Waals surface area contributed by atoms with Crippen LogP contribution in [0.4, 0.5) is 5.82 Å². The molecule has 0 bridgehead atoms. The lowest BCUT2D eigenvalue weighted by atomic mass is 10.2. The van der Waals surface area contributed by atoms with Crippen molar-refractivity contribution in [2.45, 2.75) is 26.2 Å². The Balaban J connectivity index is 1.88. The number of hydrogen-bond acceptors (Lipinski definition) is 5. The van der Waals surface area contributed by atoms with Crippen LogP contribution in [-0.2, 0) is 0 Å². The number of aromatic nitrogens is 4. The molecule has 5 nitrogen and oxygen atoms in total. The number of fused-ring (bicyclic) bond motifs is 1. The van der Waals surface area contributed by atoms with Crippen LogP contribution in [0, 0.1) is 6.92 Å². The second-order valence-electron chi connectivity index (χ2n) is 4.20. The third-order valence-electron chi connectivity index (χ3n) is 2.82. The first-order chi connectivity index (χ1) is 8.83. The second kappa shape index (κ2) is 6.58. The fourth-order valence-electron chi connectivity index (χ4n) is 1.82. The van der Waals surface area contributed by atoms with E-state index in [1.807, 2.05) is 29.3 Å². The largest absolute Gasteiger partial charge is 0.367 e. The summed E-state index contributed by atoms with van der Waals surface area (Å²) in [5.41, 5.74) is 0.805. The first kappa shape index (κ1) is 13.1. The molecule has 0 aliphatic carbocycles. The van der Waals surface area contributed by atoms with Gasteiger partial charge >= 0.3 is 0 Å². The second-order valence-corrected chi connectivity index (χ2v) is 5.18. The molecular formula is C12H19N5S. The van der Waals surface area contributed by atoms with Crippen LogP contribution in [-0.4, -0.2) is 38.1 Å². The van der Waals surface area contributed by atoms with Gasteiger partial charge in [-0.15, -0.1) is 10.2 Å². The molecule has 0 saturated heterocycles. The van der Waals surface area contributed by atoms with E-state index in [1.165, 1.54) is 18.6 Å². The molecule has 0 spiro atoms. The van der Waals surface area contributed by atoms with Gasteiger partial charge in [-0.3, -0.25) is 4.40 Å². The summed E-state index contributed by atoms with van der Waals surface area (Å²) in [7, 11) is 0. The van der Waals surface area contributed by atoms with Crippen LogP contribution in [0.3, 0.4) is 0 Å². The highest BCUT2D eigenvalue weighted by molar-refractivity contribution is 7.98. The number of anilines is 1. The number of hydrogen-bond donors (Lipinski definition) is 1. The van der Waals surface area contributed by atoms with Crippen LogP contribution in [0.1, 0.15) is 25.1 Å². The lowest BCUT2D eigenvalue weighted by molar-refractivity contribution is 0.748. The quantitative estimate of drug-likeness (QED) is 0.779. The van der Waals surface area contributed by atoms with Gasteiger partial charge < -0.3 is 5.32 Å². The lowest BCUT2D eigenvalue weighted by Gasteiger charge is -2.06.